The molecule has 0 amide bonds. The summed E-state index contributed by atoms with van der Waals surface area (Å²) in [6, 6.07) is 9.16. The van der Waals surface area contributed by atoms with E-state index in [1.807, 2.05) is 25.1 Å². The molecule has 0 aliphatic carbocycles. The Morgan fingerprint density at radius 2 is 2.00 bits per heavy atom. The zero-order chi connectivity index (χ0) is 11.5. The minimum Gasteiger partial charge on any atom is -0.481 e. The van der Waals surface area contributed by atoms with Crippen molar-refractivity contribution in [1.29, 1.82) is 5.26 Å². The van der Waals surface area contributed by atoms with Crippen LogP contribution in [0, 0.1) is 18.3 Å². The molecular weight excluding hydrogens is 190 g/mol. The van der Waals surface area contributed by atoms with Crippen LogP contribution in [0.25, 0.3) is 0 Å². The number of hydrogen-bond acceptors (Lipinski definition) is 2. The van der Waals surface area contributed by atoms with Crippen LogP contribution in [0.2, 0.25) is 0 Å². The maximum Gasteiger partial charge on any atom is 0.314 e. The highest BCUT2D eigenvalue weighted by Gasteiger charge is 2.34. The highest BCUT2D eigenvalue weighted by Crippen LogP contribution is 2.27. The van der Waals surface area contributed by atoms with Gasteiger partial charge in [0, 0.05) is 0 Å². The Balaban J connectivity index is 3.16. The molecule has 0 saturated heterocycles. The van der Waals surface area contributed by atoms with Gasteiger partial charge in [0.2, 0.25) is 0 Å². The Morgan fingerprint density at radius 1 is 1.47 bits per heavy atom. The van der Waals surface area contributed by atoms with Gasteiger partial charge < -0.3 is 5.11 Å². The third-order valence-corrected chi connectivity index (χ3v) is 2.59. The number of rotatable bonds is 3. The number of carbonyl (C=O) groups is 1. The Kier molecular flexibility index (Phi) is 3.11. The molecule has 0 saturated carbocycles. The van der Waals surface area contributed by atoms with Crippen molar-refractivity contribution >= 4 is 5.97 Å². The molecule has 1 N–H and O–H groups in total. The number of aryl methyl sites for hydroxylation is 1. The van der Waals surface area contributed by atoms with Crippen LogP contribution in [0.4, 0.5) is 0 Å². The fourth-order valence-electron chi connectivity index (χ4n) is 1.38. The average molecular weight is 203 g/mol. The Morgan fingerprint density at radius 3 is 2.40 bits per heavy atom. The largest absolute Gasteiger partial charge is 0.481 e. The molecule has 1 unspecified atom stereocenters. The maximum atomic E-state index is 11.1. The quantitative estimate of drug-likeness (QED) is 0.819. The second kappa shape index (κ2) is 4.14. The van der Waals surface area contributed by atoms with E-state index in [4.69, 9.17) is 10.4 Å². The summed E-state index contributed by atoms with van der Waals surface area (Å²) in [5.74, 6) is -0.965. The van der Waals surface area contributed by atoms with E-state index >= 15 is 0 Å². The first-order valence-electron chi connectivity index (χ1n) is 4.68. The Labute approximate surface area is 89.0 Å². The van der Waals surface area contributed by atoms with E-state index in [9.17, 15) is 4.79 Å². The SMILES string of the molecule is Cc1ccc(C(C)(CC#N)C(=O)O)cc1. The molecular formula is C12H13NO2. The predicted molar refractivity (Wildman–Crippen MR) is 56.4 cm³/mol. The zero-order valence-corrected chi connectivity index (χ0v) is 8.82. The summed E-state index contributed by atoms with van der Waals surface area (Å²) in [4.78, 5) is 11.1. The van der Waals surface area contributed by atoms with Gasteiger partial charge in [0.15, 0.2) is 0 Å². The van der Waals surface area contributed by atoms with E-state index in [1.54, 1.807) is 19.1 Å². The molecule has 0 radical (unpaired) electrons. The average Bonchev–Trinajstić information content (AvgIpc) is 2.18. The minimum atomic E-state index is -1.11. The Bertz CT molecular complexity index is 403. The smallest absolute Gasteiger partial charge is 0.314 e. The summed E-state index contributed by atoms with van der Waals surface area (Å²) in [6.45, 7) is 3.51. The fraction of sp³-hybridized carbons (Fsp3) is 0.333. The van der Waals surface area contributed by atoms with Crippen molar-refractivity contribution in [3.63, 3.8) is 0 Å². The van der Waals surface area contributed by atoms with Crippen LogP contribution < -0.4 is 0 Å². The van der Waals surface area contributed by atoms with E-state index in [1.165, 1.54) is 0 Å². The van der Waals surface area contributed by atoms with Crippen molar-refractivity contribution in [3.05, 3.63) is 35.4 Å². The predicted octanol–water partition coefficient (Wildman–Crippen LogP) is 2.25. The van der Waals surface area contributed by atoms with Gasteiger partial charge in [-0.05, 0) is 19.4 Å². The number of hydrogen-bond donors (Lipinski definition) is 1. The standard InChI is InChI=1S/C12H13NO2/c1-9-3-5-10(6-4-9)12(2,7-8-13)11(14)15/h3-6H,7H2,1-2H3,(H,14,15). The van der Waals surface area contributed by atoms with Gasteiger partial charge in [-0.1, -0.05) is 29.8 Å². The summed E-state index contributed by atoms with van der Waals surface area (Å²) in [6.07, 6.45) is -0.0224. The number of benzene rings is 1. The van der Waals surface area contributed by atoms with Crippen LogP contribution in [-0.2, 0) is 10.2 Å². The normalized spacial score (nSPS) is 13.9. The van der Waals surface area contributed by atoms with E-state index in [2.05, 4.69) is 0 Å². The maximum absolute atomic E-state index is 11.1. The van der Waals surface area contributed by atoms with Crippen molar-refractivity contribution < 1.29 is 9.90 Å². The molecule has 0 heterocycles. The van der Waals surface area contributed by atoms with E-state index in [0.717, 1.165) is 5.56 Å². The van der Waals surface area contributed by atoms with Gasteiger partial charge in [-0.3, -0.25) is 4.79 Å². The first-order chi connectivity index (χ1) is 7.00. The van der Waals surface area contributed by atoms with E-state index in [0.29, 0.717) is 5.56 Å². The van der Waals surface area contributed by atoms with Gasteiger partial charge in [0.1, 0.15) is 5.41 Å². The summed E-state index contributed by atoms with van der Waals surface area (Å²) in [5.41, 5.74) is 0.633. The topological polar surface area (TPSA) is 61.1 Å². The van der Waals surface area contributed by atoms with Crippen LogP contribution in [0.15, 0.2) is 24.3 Å². The van der Waals surface area contributed by atoms with Crippen LogP contribution in [0.1, 0.15) is 24.5 Å². The van der Waals surface area contributed by atoms with E-state index in [-0.39, 0.29) is 6.42 Å². The number of carboxylic acids is 1. The molecule has 1 atom stereocenters. The van der Waals surface area contributed by atoms with Crippen molar-refractivity contribution in [3.8, 4) is 6.07 Å². The molecule has 0 aliphatic heterocycles. The third-order valence-electron chi connectivity index (χ3n) is 2.59. The van der Waals surface area contributed by atoms with Crippen LogP contribution in [0.3, 0.4) is 0 Å². The summed E-state index contributed by atoms with van der Waals surface area (Å²) >= 11 is 0. The van der Waals surface area contributed by atoms with Crippen molar-refractivity contribution in [2.24, 2.45) is 0 Å². The number of nitriles is 1. The first-order valence-corrected chi connectivity index (χ1v) is 4.68. The number of nitrogens with zero attached hydrogens (tertiary/aromatic N) is 1. The molecule has 0 spiro atoms. The molecule has 15 heavy (non-hydrogen) atoms. The van der Waals surface area contributed by atoms with Crippen molar-refractivity contribution in [1.82, 2.24) is 0 Å². The van der Waals surface area contributed by atoms with E-state index < -0.39 is 11.4 Å². The van der Waals surface area contributed by atoms with Crippen molar-refractivity contribution in [2.75, 3.05) is 0 Å². The lowest BCUT2D eigenvalue weighted by Gasteiger charge is -2.22. The van der Waals surface area contributed by atoms with Gasteiger partial charge in [0.25, 0.3) is 0 Å². The lowest BCUT2D eigenvalue weighted by molar-refractivity contribution is -0.143. The second-order valence-corrected chi connectivity index (χ2v) is 3.84. The summed E-state index contributed by atoms with van der Waals surface area (Å²) in [7, 11) is 0. The van der Waals surface area contributed by atoms with Gasteiger partial charge in [0.05, 0.1) is 12.5 Å². The van der Waals surface area contributed by atoms with Crippen molar-refractivity contribution in [2.45, 2.75) is 25.7 Å². The molecule has 0 aromatic heterocycles. The molecule has 0 bridgehead atoms. The highest BCUT2D eigenvalue weighted by molar-refractivity contribution is 5.81. The highest BCUT2D eigenvalue weighted by atomic mass is 16.4. The molecule has 0 aliphatic rings. The van der Waals surface area contributed by atoms with Gasteiger partial charge >= 0.3 is 5.97 Å². The molecule has 1 aromatic carbocycles. The number of carboxylic acid groups (broad SMARTS) is 1. The number of aliphatic carboxylic acids is 1. The van der Waals surface area contributed by atoms with Crippen LogP contribution in [-0.4, -0.2) is 11.1 Å². The zero-order valence-electron chi connectivity index (χ0n) is 8.82. The van der Waals surface area contributed by atoms with Gasteiger partial charge in [-0.25, -0.2) is 0 Å². The monoisotopic (exact) mass is 203 g/mol. The summed E-state index contributed by atoms with van der Waals surface area (Å²) in [5, 5.41) is 17.8. The van der Waals surface area contributed by atoms with Crippen LogP contribution >= 0.6 is 0 Å². The molecule has 1 aromatic rings. The van der Waals surface area contributed by atoms with Crippen LogP contribution in [0.5, 0.6) is 0 Å². The molecule has 3 heteroatoms. The fourth-order valence-corrected chi connectivity index (χ4v) is 1.38. The first kappa shape index (κ1) is 11.3. The van der Waals surface area contributed by atoms with Gasteiger partial charge in [-0.2, -0.15) is 5.26 Å². The lowest BCUT2D eigenvalue weighted by Crippen LogP contribution is -2.31. The molecule has 0 fully saturated rings. The molecule has 78 valence electrons. The summed E-state index contributed by atoms with van der Waals surface area (Å²) < 4.78 is 0. The van der Waals surface area contributed by atoms with Gasteiger partial charge in [-0.15, -0.1) is 0 Å². The Hall–Kier alpha value is -1.82. The molecule has 3 nitrogen and oxygen atoms in total. The second-order valence-electron chi connectivity index (χ2n) is 3.84. The minimum absolute atomic E-state index is 0.0224. The molecule has 1 rings (SSSR count). The third kappa shape index (κ3) is 2.16. The lowest BCUT2D eigenvalue weighted by atomic mass is 9.80.